The SMILES string of the molecule is CCC([Se]c1ccccc1)C(=O)c1ccccc1. The van der Waals surface area contributed by atoms with Crippen LogP contribution in [-0.4, -0.2) is 20.7 Å². The van der Waals surface area contributed by atoms with Crippen molar-refractivity contribution in [1.29, 1.82) is 0 Å². The van der Waals surface area contributed by atoms with E-state index in [9.17, 15) is 4.79 Å². The third-order valence-electron chi connectivity index (χ3n) is 2.74. The van der Waals surface area contributed by atoms with Crippen molar-refractivity contribution in [2.75, 3.05) is 0 Å². The predicted molar refractivity (Wildman–Crippen MR) is 76.6 cm³/mol. The molecule has 0 aliphatic carbocycles. The average Bonchev–Trinajstić information content (AvgIpc) is 2.46. The van der Waals surface area contributed by atoms with Gasteiger partial charge in [-0.3, -0.25) is 0 Å². The molecule has 0 saturated heterocycles. The summed E-state index contributed by atoms with van der Waals surface area (Å²) in [7, 11) is 0. The van der Waals surface area contributed by atoms with E-state index in [0.717, 1.165) is 12.0 Å². The number of hydrogen-bond donors (Lipinski definition) is 0. The Bertz CT molecular complexity index is 493. The molecule has 2 aromatic carbocycles. The summed E-state index contributed by atoms with van der Waals surface area (Å²) in [6, 6.07) is 19.9. The molecule has 0 amide bonds. The van der Waals surface area contributed by atoms with E-state index in [-0.39, 0.29) is 25.6 Å². The van der Waals surface area contributed by atoms with Crippen molar-refractivity contribution in [3.8, 4) is 0 Å². The average molecular weight is 303 g/mol. The normalized spacial score (nSPS) is 12.1. The second kappa shape index (κ2) is 6.53. The first-order valence-electron chi connectivity index (χ1n) is 6.12. The Morgan fingerprint density at radius 3 is 2.11 bits per heavy atom. The maximum absolute atomic E-state index is 12.4. The summed E-state index contributed by atoms with van der Waals surface area (Å²) in [6.45, 7) is 2.09. The summed E-state index contributed by atoms with van der Waals surface area (Å²) in [5, 5.41) is 0. The van der Waals surface area contributed by atoms with E-state index in [4.69, 9.17) is 0 Å². The number of carbonyl (C=O) groups is 1. The topological polar surface area (TPSA) is 17.1 Å². The number of benzene rings is 2. The summed E-state index contributed by atoms with van der Waals surface area (Å²) in [4.78, 5) is 12.5. The molecular weight excluding hydrogens is 287 g/mol. The molecule has 2 aromatic rings. The van der Waals surface area contributed by atoms with Gasteiger partial charge in [-0.05, 0) is 0 Å². The zero-order valence-electron chi connectivity index (χ0n) is 10.4. The van der Waals surface area contributed by atoms with Gasteiger partial charge in [0.15, 0.2) is 0 Å². The minimum atomic E-state index is 0.141. The van der Waals surface area contributed by atoms with Crippen LogP contribution in [-0.2, 0) is 0 Å². The van der Waals surface area contributed by atoms with E-state index >= 15 is 0 Å². The van der Waals surface area contributed by atoms with Crippen LogP contribution in [0.2, 0.25) is 4.82 Å². The zero-order chi connectivity index (χ0) is 12.8. The first-order valence-corrected chi connectivity index (χ1v) is 7.96. The molecule has 0 bridgehead atoms. The molecular formula is C16H16OSe. The number of carbonyl (C=O) groups excluding carboxylic acids is 1. The van der Waals surface area contributed by atoms with E-state index in [1.54, 1.807) is 0 Å². The van der Waals surface area contributed by atoms with Gasteiger partial charge in [-0.25, -0.2) is 0 Å². The monoisotopic (exact) mass is 304 g/mol. The van der Waals surface area contributed by atoms with Gasteiger partial charge < -0.3 is 0 Å². The van der Waals surface area contributed by atoms with Crippen LogP contribution in [0.1, 0.15) is 23.7 Å². The second-order valence-corrected chi connectivity index (χ2v) is 6.74. The third kappa shape index (κ3) is 3.32. The predicted octanol–water partition coefficient (Wildman–Crippen LogP) is 3.10. The van der Waals surface area contributed by atoms with Gasteiger partial charge in [-0.2, -0.15) is 0 Å². The standard InChI is InChI=1S/C16H16OSe/c1-2-15(18-14-11-7-4-8-12-14)16(17)13-9-5-3-6-10-13/h3-12,15H,2H2,1H3. The van der Waals surface area contributed by atoms with E-state index in [1.165, 1.54) is 4.46 Å². The maximum atomic E-state index is 12.4. The Morgan fingerprint density at radius 2 is 1.56 bits per heavy atom. The molecule has 0 radical (unpaired) electrons. The minimum absolute atomic E-state index is 0.141. The van der Waals surface area contributed by atoms with Crippen LogP contribution >= 0.6 is 0 Å². The summed E-state index contributed by atoms with van der Waals surface area (Å²) < 4.78 is 1.29. The van der Waals surface area contributed by atoms with Crippen molar-refractivity contribution in [2.45, 2.75) is 18.2 Å². The van der Waals surface area contributed by atoms with E-state index in [1.807, 2.05) is 48.5 Å². The number of rotatable bonds is 5. The number of hydrogen-bond acceptors (Lipinski definition) is 1. The van der Waals surface area contributed by atoms with Gasteiger partial charge in [0.05, 0.1) is 0 Å². The number of Topliss-reactive ketones (excluding diaryl/α,β-unsaturated/α-hetero) is 1. The van der Waals surface area contributed by atoms with Crippen LogP contribution in [0, 0.1) is 0 Å². The molecule has 1 atom stereocenters. The fraction of sp³-hybridized carbons (Fsp3) is 0.188. The molecule has 18 heavy (non-hydrogen) atoms. The summed E-state index contributed by atoms with van der Waals surface area (Å²) >= 11 is 0.211. The molecule has 0 aromatic heterocycles. The summed E-state index contributed by atoms with van der Waals surface area (Å²) in [6.07, 6.45) is 0.905. The zero-order valence-corrected chi connectivity index (χ0v) is 12.1. The molecule has 0 spiro atoms. The van der Waals surface area contributed by atoms with Crippen molar-refractivity contribution in [3.05, 3.63) is 66.2 Å². The van der Waals surface area contributed by atoms with Crippen molar-refractivity contribution >= 4 is 25.2 Å². The van der Waals surface area contributed by atoms with Crippen LogP contribution in [0.3, 0.4) is 0 Å². The molecule has 0 N–H and O–H groups in total. The molecule has 2 rings (SSSR count). The van der Waals surface area contributed by atoms with Gasteiger partial charge in [0.25, 0.3) is 0 Å². The van der Waals surface area contributed by atoms with E-state index in [2.05, 4.69) is 19.1 Å². The first kappa shape index (κ1) is 13.1. The molecule has 1 nitrogen and oxygen atoms in total. The van der Waals surface area contributed by atoms with Crippen LogP contribution in [0.4, 0.5) is 0 Å². The van der Waals surface area contributed by atoms with Crippen LogP contribution in [0.5, 0.6) is 0 Å². The van der Waals surface area contributed by atoms with Crippen molar-refractivity contribution in [2.24, 2.45) is 0 Å². The Morgan fingerprint density at radius 1 is 1.00 bits per heavy atom. The Hall–Kier alpha value is -1.37. The van der Waals surface area contributed by atoms with E-state index in [0.29, 0.717) is 0 Å². The van der Waals surface area contributed by atoms with Gasteiger partial charge in [0.1, 0.15) is 0 Å². The molecule has 1 unspecified atom stereocenters. The van der Waals surface area contributed by atoms with Gasteiger partial charge >= 0.3 is 114 Å². The van der Waals surface area contributed by atoms with Gasteiger partial charge in [-0.15, -0.1) is 0 Å². The van der Waals surface area contributed by atoms with Gasteiger partial charge in [0, 0.05) is 0 Å². The fourth-order valence-corrected chi connectivity index (χ4v) is 3.98. The second-order valence-electron chi connectivity index (χ2n) is 4.06. The molecule has 0 aliphatic rings. The van der Waals surface area contributed by atoms with Crippen LogP contribution < -0.4 is 4.46 Å². The molecule has 92 valence electrons. The summed E-state index contributed by atoms with van der Waals surface area (Å²) in [5.74, 6) is 0.280. The Labute approximate surface area is 114 Å². The fourth-order valence-electron chi connectivity index (χ4n) is 1.77. The number of ketones is 1. The van der Waals surface area contributed by atoms with Crippen LogP contribution in [0.25, 0.3) is 0 Å². The molecule has 2 heteroatoms. The molecule has 0 fully saturated rings. The van der Waals surface area contributed by atoms with E-state index < -0.39 is 0 Å². The molecule has 0 aliphatic heterocycles. The van der Waals surface area contributed by atoms with Crippen LogP contribution in [0.15, 0.2) is 60.7 Å². The first-order chi connectivity index (χ1) is 8.81. The summed E-state index contributed by atoms with van der Waals surface area (Å²) in [5.41, 5.74) is 0.835. The molecule has 0 saturated carbocycles. The van der Waals surface area contributed by atoms with Crippen molar-refractivity contribution in [1.82, 2.24) is 0 Å². The quantitative estimate of drug-likeness (QED) is 0.613. The van der Waals surface area contributed by atoms with Gasteiger partial charge in [0.2, 0.25) is 0 Å². The Kier molecular flexibility index (Phi) is 4.74. The third-order valence-corrected chi connectivity index (χ3v) is 5.63. The van der Waals surface area contributed by atoms with Crippen molar-refractivity contribution in [3.63, 3.8) is 0 Å². The molecule has 0 heterocycles. The van der Waals surface area contributed by atoms with Crippen molar-refractivity contribution < 1.29 is 4.79 Å². The van der Waals surface area contributed by atoms with Gasteiger partial charge in [-0.1, -0.05) is 0 Å². The Balaban J connectivity index is 2.12.